The molecule has 1 aliphatic heterocycles. The van der Waals surface area contributed by atoms with Crippen molar-refractivity contribution >= 4 is 38.6 Å². The van der Waals surface area contributed by atoms with Crippen LogP contribution >= 0.6 is 11.3 Å². The van der Waals surface area contributed by atoms with Crippen LogP contribution in [-0.4, -0.2) is 58.0 Å². The summed E-state index contributed by atoms with van der Waals surface area (Å²) in [5.74, 6) is -0.184. The highest BCUT2D eigenvalue weighted by Gasteiger charge is 2.25. The fraction of sp³-hybridized carbons (Fsp3) is 0.522. The van der Waals surface area contributed by atoms with Crippen molar-refractivity contribution in [3.63, 3.8) is 0 Å². The number of morpholine rings is 1. The minimum Gasteiger partial charge on any atom is -0.378 e. The summed E-state index contributed by atoms with van der Waals surface area (Å²) in [6, 6.07) is 7.04. The zero-order valence-electron chi connectivity index (χ0n) is 18.7. The lowest BCUT2D eigenvalue weighted by Crippen LogP contribution is -2.37. The Bertz CT molecular complexity index is 1050. The Kier molecular flexibility index (Phi) is 7.19. The number of nitrogens with zero attached hydrogens (tertiary/aromatic N) is 2. The van der Waals surface area contributed by atoms with Gasteiger partial charge in [-0.2, -0.15) is 4.31 Å². The SMILES string of the molecule is CCN(CC)S(=O)(=O)c1ccc(N2CCOCC2)c(NC(=O)c2cc3c(s2)CCCC3)c1. The maximum Gasteiger partial charge on any atom is 0.265 e. The van der Waals surface area contributed by atoms with Crippen molar-refractivity contribution in [3.05, 3.63) is 39.6 Å². The molecule has 0 bridgehead atoms. The summed E-state index contributed by atoms with van der Waals surface area (Å²) in [6.45, 7) is 7.03. The van der Waals surface area contributed by atoms with E-state index in [-0.39, 0.29) is 10.8 Å². The molecule has 0 saturated carbocycles. The van der Waals surface area contributed by atoms with Crippen LogP contribution in [0, 0.1) is 0 Å². The Morgan fingerprint density at radius 2 is 1.84 bits per heavy atom. The van der Waals surface area contributed by atoms with E-state index in [2.05, 4.69) is 10.2 Å². The predicted molar refractivity (Wildman–Crippen MR) is 128 cm³/mol. The summed E-state index contributed by atoms with van der Waals surface area (Å²) in [5.41, 5.74) is 2.62. The Balaban J connectivity index is 1.68. The third kappa shape index (κ3) is 4.71. The number of aryl methyl sites for hydroxylation is 2. The maximum atomic E-state index is 13.2. The fourth-order valence-electron chi connectivity index (χ4n) is 4.35. The van der Waals surface area contributed by atoms with Gasteiger partial charge in [0.1, 0.15) is 0 Å². The highest BCUT2D eigenvalue weighted by molar-refractivity contribution is 7.89. The van der Waals surface area contributed by atoms with Gasteiger partial charge in [-0.15, -0.1) is 11.3 Å². The molecule has 7 nitrogen and oxygen atoms in total. The van der Waals surface area contributed by atoms with Crippen molar-refractivity contribution in [3.8, 4) is 0 Å². The molecule has 1 saturated heterocycles. The predicted octanol–water partition coefficient (Wildman–Crippen LogP) is 3.75. The molecule has 32 heavy (non-hydrogen) atoms. The molecule has 0 unspecified atom stereocenters. The van der Waals surface area contributed by atoms with Crippen LogP contribution in [0.3, 0.4) is 0 Å². The summed E-state index contributed by atoms with van der Waals surface area (Å²) >= 11 is 1.55. The van der Waals surface area contributed by atoms with Gasteiger partial charge in [-0.05, 0) is 55.5 Å². The molecular formula is C23H31N3O4S2. The summed E-state index contributed by atoms with van der Waals surface area (Å²) in [5, 5.41) is 3.03. The highest BCUT2D eigenvalue weighted by Crippen LogP contribution is 2.33. The quantitative estimate of drug-likeness (QED) is 0.657. The van der Waals surface area contributed by atoms with Crippen LogP contribution in [0.5, 0.6) is 0 Å². The molecule has 174 valence electrons. The van der Waals surface area contributed by atoms with Gasteiger partial charge < -0.3 is 15.0 Å². The molecule has 1 aliphatic carbocycles. The van der Waals surface area contributed by atoms with E-state index in [0.29, 0.717) is 50.0 Å². The number of benzene rings is 1. The van der Waals surface area contributed by atoms with E-state index in [4.69, 9.17) is 4.74 Å². The zero-order valence-corrected chi connectivity index (χ0v) is 20.4. The van der Waals surface area contributed by atoms with Crippen molar-refractivity contribution in [2.24, 2.45) is 0 Å². The van der Waals surface area contributed by atoms with Gasteiger partial charge >= 0.3 is 0 Å². The minimum absolute atomic E-state index is 0.184. The first-order chi connectivity index (χ1) is 15.4. The third-order valence-corrected chi connectivity index (χ3v) is 9.41. The van der Waals surface area contributed by atoms with E-state index in [1.54, 1.807) is 29.5 Å². The zero-order chi connectivity index (χ0) is 22.7. The topological polar surface area (TPSA) is 79.0 Å². The van der Waals surface area contributed by atoms with E-state index in [0.717, 1.165) is 24.9 Å². The van der Waals surface area contributed by atoms with Crippen molar-refractivity contribution < 1.29 is 17.9 Å². The van der Waals surface area contributed by atoms with Crippen LogP contribution in [0.15, 0.2) is 29.2 Å². The summed E-state index contributed by atoms with van der Waals surface area (Å²) in [7, 11) is -3.63. The molecule has 1 fully saturated rings. The van der Waals surface area contributed by atoms with Gasteiger partial charge in [-0.3, -0.25) is 4.79 Å². The van der Waals surface area contributed by atoms with E-state index in [1.807, 2.05) is 19.9 Å². The van der Waals surface area contributed by atoms with Gasteiger partial charge in [0, 0.05) is 31.1 Å². The largest absolute Gasteiger partial charge is 0.378 e. The summed E-state index contributed by atoms with van der Waals surface area (Å²) in [4.78, 5) is 17.5. The average molecular weight is 478 g/mol. The smallest absolute Gasteiger partial charge is 0.265 e. The molecule has 1 aromatic carbocycles. The normalized spacial score (nSPS) is 16.8. The number of anilines is 2. The summed E-state index contributed by atoms with van der Waals surface area (Å²) in [6.07, 6.45) is 4.39. The number of carbonyl (C=O) groups is 1. The fourth-order valence-corrected chi connectivity index (χ4v) is 6.99. The van der Waals surface area contributed by atoms with Crippen LogP contribution in [0.2, 0.25) is 0 Å². The summed E-state index contributed by atoms with van der Waals surface area (Å²) < 4.78 is 33.1. The van der Waals surface area contributed by atoms with Crippen molar-refractivity contribution in [1.29, 1.82) is 0 Å². The molecule has 1 aromatic heterocycles. The van der Waals surface area contributed by atoms with Gasteiger partial charge in [-0.25, -0.2) is 8.42 Å². The molecule has 2 heterocycles. The van der Waals surface area contributed by atoms with Crippen LogP contribution in [0.4, 0.5) is 11.4 Å². The molecular weight excluding hydrogens is 446 g/mol. The highest BCUT2D eigenvalue weighted by atomic mass is 32.2. The molecule has 0 radical (unpaired) electrons. The van der Waals surface area contributed by atoms with Crippen LogP contribution in [0.1, 0.15) is 46.8 Å². The number of ether oxygens (including phenoxy) is 1. The van der Waals surface area contributed by atoms with E-state index in [1.165, 1.54) is 21.2 Å². The Morgan fingerprint density at radius 1 is 1.12 bits per heavy atom. The maximum absolute atomic E-state index is 13.2. The molecule has 0 atom stereocenters. The second-order valence-corrected chi connectivity index (χ2v) is 11.2. The lowest BCUT2D eigenvalue weighted by Gasteiger charge is -2.31. The van der Waals surface area contributed by atoms with Gasteiger partial charge in [0.2, 0.25) is 10.0 Å². The number of hydrogen-bond donors (Lipinski definition) is 1. The second kappa shape index (κ2) is 9.91. The van der Waals surface area contributed by atoms with Crippen molar-refractivity contribution in [2.45, 2.75) is 44.4 Å². The first-order valence-corrected chi connectivity index (χ1v) is 13.6. The van der Waals surface area contributed by atoms with Gasteiger partial charge in [0.15, 0.2) is 0 Å². The molecule has 1 N–H and O–H groups in total. The Hall–Kier alpha value is -1.94. The van der Waals surface area contributed by atoms with Crippen molar-refractivity contribution in [1.82, 2.24) is 4.31 Å². The van der Waals surface area contributed by atoms with Crippen LogP contribution in [0.25, 0.3) is 0 Å². The Morgan fingerprint density at radius 3 is 2.53 bits per heavy atom. The van der Waals surface area contributed by atoms with Crippen LogP contribution < -0.4 is 10.2 Å². The molecule has 2 aromatic rings. The average Bonchev–Trinajstić information content (AvgIpc) is 3.25. The molecule has 4 rings (SSSR count). The molecule has 0 spiro atoms. The van der Waals surface area contributed by atoms with Crippen molar-refractivity contribution in [2.75, 3.05) is 49.6 Å². The van der Waals surface area contributed by atoms with E-state index in [9.17, 15) is 13.2 Å². The number of rotatable bonds is 7. The number of hydrogen-bond acceptors (Lipinski definition) is 6. The minimum atomic E-state index is -3.63. The number of fused-ring (bicyclic) bond motifs is 1. The van der Waals surface area contributed by atoms with Gasteiger partial charge in [-0.1, -0.05) is 13.8 Å². The van der Waals surface area contributed by atoms with Crippen LogP contribution in [-0.2, 0) is 27.6 Å². The number of amides is 1. The van der Waals surface area contributed by atoms with E-state index < -0.39 is 10.0 Å². The first kappa shape index (κ1) is 23.2. The number of thiophene rings is 1. The molecule has 1 amide bonds. The third-order valence-electron chi connectivity index (χ3n) is 6.13. The van der Waals surface area contributed by atoms with Gasteiger partial charge in [0.05, 0.1) is 34.4 Å². The number of sulfonamides is 1. The van der Waals surface area contributed by atoms with E-state index >= 15 is 0 Å². The first-order valence-electron chi connectivity index (χ1n) is 11.3. The lowest BCUT2D eigenvalue weighted by atomic mass is 9.99. The van der Waals surface area contributed by atoms with Gasteiger partial charge in [0.25, 0.3) is 5.91 Å². The monoisotopic (exact) mass is 477 g/mol. The Labute approximate surface area is 194 Å². The number of nitrogens with one attached hydrogen (secondary N) is 1. The molecule has 9 heteroatoms. The number of carbonyl (C=O) groups excluding carboxylic acids is 1. The lowest BCUT2D eigenvalue weighted by molar-refractivity contribution is 0.103. The standard InChI is InChI=1S/C23H31N3O4S2/c1-3-26(4-2)32(28,29)18-9-10-20(25-11-13-30-14-12-25)19(16-18)24-23(27)22-15-17-7-5-6-8-21(17)31-22/h9-10,15-16H,3-8,11-14H2,1-2H3,(H,24,27). The second-order valence-electron chi connectivity index (χ2n) is 8.09. The molecule has 2 aliphatic rings.